The number of ether oxygens (including phenoxy) is 2. The lowest BCUT2D eigenvalue weighted by molar-refractivity contribution is -0.122. The monoisotopic (exact) mass is 514 g/mol. The molecular weight excluding hydrogens is 484 g/mol. The van der Waals surface area contributed by atoms with Gasteiger partial charge in [0.05, 0.1) is 25.7 Å². The maximum atomic E-state index is 12.9. The zero-order valence-corrected chi connectivity index (χ0v) is 21.6. The molecule has 0 unspecified atom stereocenters. The molecule has 2 amide bonds. The standard InChI is InChI=1S/C26H30N2O5S2/c1-32-21-13-12-19(17-22(21)33-2)18-23-25(31)28(26(34)35-23)14-8-4-7-11-24(30)27(15-16-29)20-9-5-3-6-10-20/h3,5-6,9-10,12-13,17-18,29H,4,7-8,11,14-16H2,1-2H3. The van der Waals surface area contributed by atoms with Gasteiger partial charge in [0.2, 0.25) is 5.91 Å². The fourth-order valence-corrected chi connectivity index (χ4v) is 5.06. The average Bonchev–Trinajstić information content (AvgIpc) is 3.14. The summed E-state index contributed by atoms with van der Waals surface area (Å²) >= 11 is 6.72. The third kappa shape index (κ3) is 7.06. The van der Waals surface area contributed by atoms with E-state index in [1.807, 2.05) is 42.5 Å². The number of carbonyl (C=O) groups excluding carboxylic acids is 2. The highest BCUT2D eigenvalue weighted by atomic mass is 32.2. The van der Waals surface area contributed by atoms with Crippen LogP contribution in [0, 0.1) is 0 Å². The fourth-order valence-electron chi connectivity index (χ4n) is 3.75. The number of thioether (sulfide) groups is 1. The number of nitrogens with zero attached hydrogens (tertiary/aromatic N) is 2. The SMILES string of the molecule is COc1ccc(C=C2SC(=S)N(CCCCCC(=O)N(CCO)c3ccccc3)C2=O)cc1OC. The molecule has 0 aromatic heterocycles. The summed E-state index contributed by atoms with van der Waals surface area (Å²) in [5.41, 5.74) is 1.61. The van der Waals surface area contributed by atoms with Crippen LogP contribution in [0.4, 0.5) is 5.69 Å². The lowest BCUT2D eigenvalue weighted by atomic mass is 10.1. The number of unbranched alkanes of at least 4 members (excludes halogenated alkanes) is 2. The van der Waals surface area contributed by atoms with Gasteiger partial charge in [-0.15, -0.1) is 0 Å². The maximum Gasteiger partial charge on any atom is 0.266 e. The van der Waals surface area contributed by atoms with Crippen molar-refractivity contribution in [3.05, 3.63) is 59.0 Å². The van der Waals surface area contributed by atoms with Crippen molar-refractivity contribution in [1.29, 1.82) is 0 Å². The van der Waals surface area contributed by atoms with Crippen molar-refractivity contribution in [3.8, 4) is 11.5 Å². The number of hydrogen-bond acceptors (Lipinski definition) is 7. The van der Waals surface area contributed by atoms with Gasteiger partial charge < -0.3 is 19.5 Å². The summed E-state index contributed by atoms with van der Waals surface area (Å²) in [4.78, 5) is 29.4. The predicted molar refractivity (Wildman–Crippen MR) is 144 cm³/mol. The second-order valence-electron chi connectivity index (χ2n) is 7.86. The van der Waals surface area contributed by atoms with Gasteiger partial charge in [0.1, 0.15) is 4.32 Å². The highest BCUT2D eigenvalue weighted by Crippen LogP contribution is 2.34. The normalized spacial score (nSPS) is 14.5. The molecule has 0 bridgehead atoms. The number of methoxy groups -OCH3 is 2. The molecule has 3 rings (SSSR count). The number of anilines is 1. The molecule has 1 saturated heterocycles. The smallest absolute Gasteiger partial charge is 0.266 e. The molecule has 0 radical (unpaired) electrons. The fraction of sp³-hybridized carbons (Fsp3) is 0.346. The number of amides is 2. The molecule has 1 aliphatic rings. The molecular formula is C26H30N2O5S2. The first-order valence-corrected chi connectivity index (χ1v) is 12.6. The molecule has 1 aliphatic heterocycles. The molecule has 1 heterocycles. The molecule has 0 atom stereocenters. The van der Waals surface area contributed by atoms with Gasteiger partial charge in [0.15, 0.2) is 11.5 Å². The van der Waals surface area contributed by atoms with E-state index in [2.05, 4.69) is 0 Å². The van der Waals surface area contributed by atoms with E-state index in [-0.39, 0.29) is 25.0 Å². The highest BCUT2D eigenvalue weighted by molar-refractivity contribution is 8.26. The van der Waals surface area contributed by atoms with Crippen LogP contribution in [-0.4, -0.2) is 60.1 Å². The minimum Gasteiger partial charge on any atom is -0.493 e. The Morgan fingerprint density at radius 3 is 2.51 bits per heavy atom. The summed E-state index contributed by atoms with van der Waals surface area (Å²) in [5, 5.41) is 9.33. The van der Waals surface area contributed by atoms with E-state index in [9.17, 15) is 14.7 Å². The molecule has 2 aromatic carbocycles. The lowest BCUT2D eigenvalue weighted by Crippen LogP contribution is -2.33. The number of hydrogen-bond donors (Lipinski definition) is 1. The minimum atomic E-state index is -0.107. The van der Waals surface area contributed by atoms with Crippen molar-refractivity contribution in [3.63, 3.8) is 0 Å². The summed E-state index contributed by atoms with van der Waals surface area (Å²) < 4.78 is 11.1. The van der Waals surface area contributed by atoms with E-state index in [4.69, 9.17) is 21.7 Å². The van der Waals surface area contributed by atoms with Crippen LogP contribution in [0.15, 0.2) is 53.4 Å². The number of aliphatic hydroxyl groups is 1. The molecule has 0 aliphatic carbocycles. The van der Waals surface area contributed by atoms with Crippen molar-refractivity contribution in [1.82, 2.24) is 4.90 Å². The minimum absolute atomic E-state index is 0.0197. The summed E-state index contributed by atoms with van der Waals surface area (Å²) in [6, 6.07) is 14.8. The summed E-state index contributed by atoms with van der Waals surface area (Å²) in [7, 11) is 3.15. The number of thiocarbonyl (C=S) groups is 1. The molecule has 35 heavy (non-hydrogen) atoms. The van der Waals surface area contributed by atoms with E-state index < -0.39 is 0 Å². The predicted octanol–water partition coefficient (Wildman–Crippen LogP) is 4.49. The first-order valence-electron chi connectivity index (χ1n) is 11.4. The first-order chi connectivity index (χ1) is 17.0. The van der Waals surface area contributed by atoms with Crippen LogP contribution in [0.1, 0.15) is 31.2 Å². The van der Waals surface area contributed by atoms with Crippen LogP contribution in [0.2, 0.25) is 0 Å². The van der Waals surface area contributed by atoms with Gasteiger partial charge in [-0.25, -0.2) is 0 Å². The zero-order valence-electron chi connectivity index (χ0n) is 19.9. The van der Waals surface area contributed by atoms with Gasteiger partial charge in [-0.1, -0.05) is 54.7 Å². The van der Waals surface area contributed by atoms with E-state index in [1.54, 1.807) is 36.2 Å². The van der Waals surface area contributed by atoms with Gasteiger partial charge in [0.25, 0.3) is 5.91 Å². The van der Waals surface area contributed by atoms with Crippen LogP contribution in [0.5, 0.6) is 11.5 Å². The largest absolute Gasteiger partial charge is 0.493 e. The highest BCUT2D eigenvalue weighted by Gasteiger charge is 2.31. The molecule has 0 saturated carbocycles. The van der Waals surface area contributed by atoms with E-state index >= 15 is 0 Å². The Labute approximate surface area is 215 Å². The third-order valence-electron chi connectivity index (χ3n) is 5.54. The summed E-state index contributed by atoms with van der Waals surface area (Å²) in [6.45, 7) is 0.693. The quantitative estimate of drug-likeness (QED) is 0.254. The van der Waals surface area contributed by atoms with Crippen LogP contribution in [-0.2, 0) is 9.59 Å². The molecule has 1 fully saturated rings. The average molecular weight is 515 g/mol. The van der Waals surface area contributed by atoms with Gasteiger partial charge in [-0.2, -0.15) is 0 Å². The van der Waals surface area contributed by atoms with Gasteiger partial charge in [0, 0.05) is 25.2 Å². The Hall–Kier alpha value is -2.88. The van der Waals surface area contributed by atoms with Crippen LogP contribution >= 0.6 is 24.0 Å². The van der Waals surface area contributed by atoms with Crippen molar-refractivity contribution >= 4 is 51.9 Å². The number of para-hydroxylation sites is 1. The topological polar surface area (TPSA) is 79.3 Å². The molecule has 7 nitrogen and oxygen atoms in total. The zero-order chi connectivity index (χ0) is 25.2. The second kappa shape index (κ2) is 13.3. The van der Waals surface area contributed by atoms with E-state index in [0.717, 1.165) is 24.1 Å². The molecule has 1 N–H and O–H groups in total. The number of carbonyl (C=O) groups is 2. The van der Waals surface area contributed by atoms with Crippen molar-refractivity contribution in [2.75, 3.05) is 38.8 Å². The van der Waals surface area contributed by atoms with Crippen LogP contribution < -0.4 is 14.4 Å². The van der Waals surface area contributed by atoms with Gasteiger partial charge in [-0.05, 0) is 48.7 Å². The number of benzene rings is 2. The van der Waals surface area contributed by atoms with Crippen molar-refractivity contribution in [2.24, 2.45) is 0 Å². The molecule has 186 valence electrons. The Balaban J connectivity index is 1.50. The third-order valence-corrected chi connectivity index (χ3v) is 6.92. The Morgan fingerprint density at radius 2 is 1.83 bits per heavy atom. The maximum absolute atomic E-state index is 12.9. The van der Waals surface area contributed by atoms with E-state index in [1.165, 1.54) is 11.8 Å². The van der Waals surface area contributed by atoms with Crippen LogP contribution in [0.25, 0.3) is 6.08 Å². The second-order valence-corrected chi connectivity index (χ2v) is 9.54. The first kappa shape index (κ1) is 26.7. The Morgan fingerprint density at radius 1 is 1.09 bits per heavy atom. The summed E-state index contributed by atoms with van der Waals surface area (Å²) in [6.07, 6.45) is 4.42. The molecule has 2 aromatic rings. The Bertz CT molecular complexity index is 1070. The van der Waals surface area contributed by atoms with Gasteiger partial charge >= 0.3 is 0 Å². The number of aliphatic hydroxyl groups excluding tert-OH is 1. The lowest BCUT2D eigenvalue weighted by Gasteiger charge is -2.22. The summed E-state index contributed by atoms with van der Waals surface area (Å²) in [5.74, 6) is 1.09. The van der Waals surface area contributed by atoms with Crippen LogP contribution in [0.3, 0.4) is 0 Å². The Kier molecular flexibility index (Phi) is 10.1. The van der Waals surface area contributed by atoms with Gasteiger partial charge in [-0.3, -0.25) is 14.5 Å². The van der Waals surface area contributed by atoms with Crippen molar-refractivity contribution < 1.29 is 24.2 Å². The number of rotatable bonds is 12. The van der Waals surface area contributed by atoms with Crippen molar-refractivity contribution in [2.45, 2.75) is 25.7 Å². The molecule has 9 heteroatoms. The molecule has 0 spiro atoms. The van der Waals surface area contributed by atoms with E-state index in [0.29, 0.717) is 40.1 Å².